The molecule has 0 aromatic heterocycles. The molecule has 2 aliphatic rings. The highest BCUT2D eigenvalue weighted by molar-refractivity contribution is 6.02. The summed E-state index contributed by atoms with van der Waals surface area (Å²) in [7, 11) is 0. The van der Waals surface area contributed by atoms with Crippen molar-refractivity contribution in [2.24, 2.45) is 0 Å². The first-order valence-electron chi connectivity index (χ1n) is 10.7. The molecule has 152 valence electrons. The van der Waals surface area contributed by atoms with Crippen molar-refractivity contribution in [2.75, 3.05) is 0 Å². The van der Waals surface area contributed by atoms with Crippen LogP contribution in [-0.4, -0.2) is 28.3 Å². The van der Waals surface area contributed by atoms with E-state index in [1.807, 2.05) is 54.3 Å². The monoisotopic (exact) mass is 390 g/mol. The van der Waals surface area contributed by atoms with E-state index in [1.54, 1.807) is 0 Å². The van der Waals surface area contributed by atoms with Crippen LogP contribution in [0.3, 0.4) is 0 Å². The number of rotatable bonds is 4. The van der Waals surface area contributed by atoms with E-state index in [0.717, 1.165) is 47.9 Å². The Bertz CT molecular complexity index is 917. The molecule has 2 amide bonds. The summed E-state index contributed by atoms with van der Waals surface area (Å²) < 4.78 is 0. The topological polar surface area (TPSA) is 49.4 Å². The van der Waals surface area contributed by atoms with E-state index in [0.29, 0.717) is 13.0 Å². The lowest BCUT2D eigenvalue weighted by atomic mass is 9.79. The molecule has 4 heteroatoms. The van der Waals surface area contributed by atoms with Gasteiger partial charge in [0.25, 0.3) is 5.91 Å². The van der Waals surface area contributed by atoms with Gasteiger partial charge in [0.1, 0.15) is 5.54 Å². The molecule has 0 bridgehead atoms. The molecule has 0 radical (unpaired) electrons. The van der Waals surface area contributed by atoms with Crippen molar-refractivity contribution < 1.29 is 9.59 Å². The maximum Gasteiger partial charge on any atom is 0.255 e. The summed E-state index contributed by atoms with van der Waals surface area (Å²) in [5, 5.41) is 3.14. The Morgan fingerprint density at radius 2 is 1.76 bits per heavy atom. The number of carbonyl (C=O) groups is 2. The van der Waals surface area contributed by atoms with E-state index in [1.165, 1.54) is 6.42 Å². The second-order valence-electron chi connectivity index (χ2n) is 8.68. The van der Waals surface area contributed by atoms with Crippen LogP contribution in [0, 0.1) is 6.92 Å². The number of nitrogens with one attached hydrogen (secondary N) is 1. The molecule has 1 aliphatic heterocycles. The van der Waals surface area contributed by atoms with Gasteiger partial charge < -0.3 is 10.2 Å². The molecule has 0 spiro atoms. The molecule has 2 aromatic carbocycles. The number of amides is 2. The zero-order valence-electron chi connectivity index (χ0n) is 17.4. The first-order valence-corrected chi connectivity index (χ1v) is 10.7. The number of hydrogen-bond donors (Lipinski definition) is 1. The normalized spacial score (nSPS) is 22.3. The van der Waals surface area contributed by atoms with E-state index < -0.39 is 5.54 Å². The largest absolute Gasteiger partial charge is 0.350 e. The Morgan fingerprint density at radius 3 is 2.52 bits per heavy atom. The number of aryl methyl sites for hydroxylation is 1. The Kier molecular flexibility index (Phi) is 5.44. The van der Waals surface area contributed by atoms with Crippen LogP contribution in [0.5, 0.6) is 0 Å². The fraction of sp³-hybridized carbons (Fsp3) is 0.440. The number of carbonyl (C=O) groups excluding carboxylic acids is 2. The van der Waals surface area contributed by atoms with Gasteiger partial charge in [0.15, 0.2) is 0 Å². The molecule has 1 aliphatic carbocycles. The van der Waals surface area contributed by atoms with Gasteiger partial charge >= 0.3 is 0 Å². The highest BCUT2D eigenvalue weighted by Crippen LogP contribution is 2.37. The standard InChI is InChI=1S/C25H30N2O2/c1-18-10-6-7-12-20(18)17-26-24(29)25(2)16-19-11-8-9-15-22(19)23(28)27(25)21-13-4-3-5-14-21/h6-12,15,21H,3-5,13-14,16-17H2,1-2H3,(H,26,29)/t25-/m0/s1. The predicted molar refractivity (Wildman–Crippen MR) is 115 cm³/mol. The van der Waals surface area contributed by atoms with Gasteiger partial charge in [-0.15, -0.1) is 0 Å². The van der Waals surface area contributed by atoms with Crippen molar-refractivity contribution >= 4 is 11.8 Å². The quantitative estimate of drug-likeness (QED) is 0.841. The third-order valence-corrected chi connectivity index (χ3v) is 6.66. The fourth-order valence-corrected chi connectivity index (χ4v) is 4.97. The van der Waals surface area contributed by atoms with Gasteiger partial charge in [-0.1, -0.05) is 61.7 Å². The first kappa shape index (κ1) is 19.7. The number of nitrogens with zero attached hydrogens (tertiary/aromatic N) is 1. The molecule has 4 rings (SSSR count). The van der Waals surface area contributed by atoms with E-state index in [2.05, 4.69) is 18.3 Å². The zero-order valence-corrected chi connectivity index (χ0v) is 17.4. The van der Waals surface area contributed by atoms with Crippen molar-refractivity contribution in [3.05, 3.63) is 70.8 Å². The van der Waals surface area contributed by atoms with Crippen molar-refractivity contribution in [3.8, 4) is 0 Å². The summed E-state index contributed by atoms with van der Waals surface area (Å²) in [5.41, 5.74) is 3.12. The molecule has 1 N–H and O–H groups in total. The van der Waals surface area contributed by atoms with Crippen molar-refractivity contribution in [1.82, 2.24) is 10.2 Å². The van der Waals surface area contributed by atoms with Crippen molar-refractivity contribution in [3.63, 3.8) is 0 Å². The van der Waals surface area contributed by atoms with Gasteiger partial charge in [-0.05, 0) is 49.4 Å². The van der Waals surface area contributed by atoms with E-state index in [-0.39, 0.29) is 17.9 Å². The lowest BCUT2D eigenvalue weighted by molar-refractivity contribution is -0.133. The maximum atomic E-state index is 13.5. The van der Waals surface area contributed by atoms with Crippen LogP contribution in [0.15, 0.2) is 48.5 Å². The molecule has 2 aromatic rings. The Hall–Kier alpha value is -2.62. The Labute approximate surface area is 173 Å². The summed E-state index contributed by atoms with van der Waals surface area (Å²) in [6.45, 7) is 4.48. The van der Waals surface area contributed by atoms with Crippen LogP contribution in [-0.2, 0) is 17.8 Å². The fourth-order valence-electron chi connectivity index (χ4n) is 4.97. The summed E-state index contributed by atoms with van der Waals surface area (Å²) >= 11 is 0. The maximum absolute atomic E-state index is 13.5. The zero-order chi connectivity index (χ0) is 20.4. The first-order chi connectivity index (χ1) is 14.0. The van der Waals surface area contributed by atoms with Crippen molar-refractivity contribution in [2.45, 2.75) is 70.5 Å². The number of hydrogen-bond acceptors (Lipinski definition) is 2. The molecule has 1 fully saturated rings. The highest BCUT2D eigenvalue weighted by Gasteiger charge is 2.49. The van der Waals surface area contributed by atoms with Gasteiger partial charge in [0, 0.05) is 24.6 Å². The second kappa shape index (κ2) is 8.02. The molecule has 1 atom stereocenters. The molecule has 1 heterocycles. The van der Waals surface area contributed by atoms with Gasteiger partial charge in [0.2, 0.25) is 5.91 Å². The van der Waals surface area contributed by atoms with Gasteiger partial charge in [-0.3, -0.25) is 9.59 Å². The lowest BCUT2D eigenvalue weighted by Crippen LogP contribution is -2.65. The van der Waals surface area contributed by atoms with Crippen molar-refractivity contribution in [1.29, 1.82) is 0 Å². The van der Waals surface area contributed by atoms with E-state index >= 15 is 0 Å². The molecular weight excluding hydrogens is 360 g/mol. The number of benzene rings is 2. The average molecular weight is 391 g/mol. The minimum Gasteiger partial charge on any atom is -0.350 e. The smallest absolute Gasteiger partial charge is 0.255 e. The van der Waals surface area contributed by atoms with Gasteiger partial charge in [0.05, 0.1) is 0 Å². The summed E-state index contributed by atoms with van der Waals surface area (Å²) in [6, 6.07) is 16.0. The minimum absolute atomic E-state index is 0.00675. The van der Waals surface area contributed by atoms with Gasteiger partial charge in [-0.2, -0.15) is 0 Å². The number of fused-ring (bicyclic) bond motifs is 1. The van der Waals surface area contributed by atoms with Crippen LogP contribution in [0.4, 0.5) is 0 Å². The van der Waals surface area contributed by atoms with Crippen LogP contribution in [0.2, 0.25) is 0 Å². The molecule has 1 saturated carbocycles. The summed E-state index contributed by atoms with van der Waals surface area (Å²) in [6.07, 6.45) is 5.98. The summed E-state index contributed by atoms with van der Waals surface area (Å²) in [5.74, 6) is -0.0542. The van der Waals surface area contributed by atoms with E-state index in [9.17, 15) is 9.59 Å². The van der Waals surface area contributed by atoms with Crippen LogP contribution >= 0.6 is 0 Å². The molecule has 0 saturated heterocycles. The van der Waals surface area contributed by atoms with Crippen LogP contribution in [0.1, 0.15) is 66.1 Å². The highest BCUT2D eigenvalue weighted by atomic mass is 16.2. The van der Waals surface area contributed by atoms with Crippen LogP contribution in [0.25, 0.3) is 0 Å². The third kappa shape index (κ3) is 3.68. The Balaban J connectivity index is 1.64. The Morgan fingerprint density at radius 1 is 1.07 bits per heavy atom. The lowest BCUT2D eigenvalue weighted by Gasteiger charge is -2.49. The SMILES string of the molecule is Cc1ccccc1CNC(=O)[C@]1(C)Cc2ccccc2C(=O)N1C1CCCCC1. The average Bonchev–Trinajstić information content (AvgIpc) is 2.74. The molecule has 29 heavy (non-hydrogen) atoms. The third-order valence-electron chi connectivity index (χ3n) is 6.66. The summed E-state index contributed by atoms with van der Waals surface area (Å²) in [4.78, 5) is 28.9. The predicted octanol–water partition coefficient (Wildman–Crippen LogP) is 4.40. The van der Waals surface area contributed by atoms with E-state index in [4.69, 9.17) is 0 Å². The van der Waals surface area contributed by atoms with Crippen LogP contribution < -0.4 is 5.32 Å². The molecular formula is C25H30N2O2. The minimum atomic E-state index is -0.865. The van der Waals surface area contributed by atoms with Gasteiger partial charge in [-0.25, -0.2) is 0 Å². The second-order valence-corrected chi connectivity index (χ2v) is 8.68. The molecule has 4 nitrogen and oxygen atoms in total. The molecule has 0 unspecified atom stereocenters.